The first-order valence-electron chi connectivity index (χ1n) is 6.05. The van der Waals surface area contributed by atoms with Crippen LogP contribution < -0.4 is 5.32 Å². The molecule has 1 heterocycles. The van der Waals surface area contributed by atoms with Crippen molar-refractivity contribution in [3.63, 3.8) is 0 Å². The topological polar surface area (TPSA) is 42.0 Å². The van der Waals surface area contributed by atoms with Crippen molar-refractivity contribution in [2.24, 2.45) is 0 Å². The molecule has 1 amide bonds. The Morgan fingerprint density at radius 1 is 1.37 bits per heavy atom. The van der Waals surface area contributed by atoms with E-state index in [0.717, 1.165) is 27.7 Å². The molecule has 0 bridgehead atoms. The van der Waals surface area contributed by atoms with Crippen LogP contribution in [0.15, 0.2) is 29.6 Å². The SMILES string of the molecule is Cc1nc(CC(=O)NCCc2ccc(Cl)cc2)cs1. The van der Waals surface area contributed by atoms with Gasteiger partial charge < -0.3 is 5.32 Å². The van der Waals surface area contributed by atoms with Gasteiger partial charge in [-0.1, -0.05) is 23.7 Å². The van der Waals surface area contributed by atoms with Crippen LogP contribution in [0, 0.1) is 6.92 Å². The molecule has 19 heavy (non-hydrogen) atoms. The zero-order valence-electron chi connectivity index (χ0n) is 10.6. The van der Waals surface area contributed by atoms with Crippen LogP contribution in [0.4, 0.5) is 0 Å². The summed E-state index contributed by atoms with van der Waals surface area (Å²) in [6.07, 6.45) is 1.16. The first-order chi connectivity index (χ1) is 9.13. The lowest BCUT2D eigenvalue weighted by Gasteiger charge is -2.04. The van der Waals surface area contributed by atoms with Gasteiger partial charge in [0, 0.05) is 16.9 Å². The molecule has 2 aromatic rings. The number of aromatic nitrogens is 1. The molecule has 1 aromatic carbocycles. The standard InChI is InChI=1S/C14H15ClN2OS/c1-10-17-13(9-19-10)8-14(18)16-7-6-11-2-4-12(15)5-3-11/h2-5,9H,6-8H2,1H3,(H,16,18). The molecule has 1 aromatic heterocycles. The Morgan fingerprint density at radius 3 is 2.74 bits per heavy atom. The van der Waals surface area contributed by atoms with E-state index in [1.807, 2.05) is 36.6 Å². The molecule has 5 heteroatoms. The lowest BCUT2D eigenvalue weighted by molar-refractivity contribution is -0.120. The average molecular weight is 295 g/mol. The lowest BCUT2D eigenvalue weighted by Crippen LogP contribution is -2.27. The fraction of sp³-hybridized carbons (Fsp3) is 0.286. The summed E-state index contributed by atoms with van der Waals surface area (Å²) in [7, 11) is 0. The smallest absolute Gasteiger partial charge is 0.226 e. The van der Waals surface area contributed by atoms with Gasteiger partial charge in [0.2, 0.25) is 5.91 Å². The number of aryl methyl sites for hydroxylation is 1. The van der Waals surface area contributed by atoms with Crippen LogP contribution in [-0.4, -0.2) is 17.4 Å². The summed E-state index contributed by atoms with van der Waals surface area (Å²) in [4.78, 5) is 16.0. The third-order valence-electron chi connectivity index (χ3n) is 2.66. The lowest BCUT2D eigenvalue weighted by atomic mass is 10.1. The number of nitrogens with one attached hydrogen (secondary N) is 1. The molecule has 0 aliphatic carbocycles. The maximum absolute atomic E-state index is 11.7. The number of hydrogen-bond acceptors (Lipinski definition) is 3. The Hall–Kier alpha value is -1.39. The van der Waals surface area contributed by atoms with Crippen molar-refractivity contribution >= 4 is 28.8 Å². The van der Waals surface area contributed by atoms with Crippen LogP contribution in [0.3, 0.4) is 0 Å². The van der Waals surface area contributed by atoms with Gasteiger partial charge in [-0.2, -0.15) is 0 Å². The summed E-state index contributed by atoms with van der Waals surface area (Å²) in [6, 6.07) is 7.66. The van der Waals surface area contributed by atoms with E-state index in [1.54, 1.807) is 11.3 Å². The predicted molar refractivity (Wildman–Crippen MR) is 78.7 cm³/mol. The van der Waals surface area contributed by atoms with Gasteiger partial charge in [0.1, 0.15) is 0 Å². The molecular formula is C14H15ClN2OS. The van der Waals surface area contributed by atoms with Crippen molar-refractivity contribution in [1.82, 2.24) is 10.3 Å². The molecule has 3 nitrogen and oxygen atoms in total. The second-order valence-electron chi connectivity index (χ2n) is 4.26. The van der Waals surface area contributed by atoms with E-state index in [1.165, 1.54) is 0 Å². The highest BCUT2D eigenvalue weighted by Crippen LogP contribution is 2.10. The van der Waals surface area contributed by atoms with Crippen LogP contribution in [0.5, 0.6) is 0 Å². The first kappa shape index (κ1) is 14.0. The largest absolute Gasteiger partial charge is 0.355 e. The second kappa shape index (κ2) is 6.68. The summed E-state index contributed by atoms with van der Waals surface area (Å²) >= 11 is 7.38. The summed E-state index contributed by atoms with van der Waals surface area (Å²) in [6.45, 7) is 2.57. The van der Waals surface area contributed by atoms with Gasteiger partial charge in [-0.25, -0.2) is 4.98 Å². The van der Waals surface area contributed by atoms with Gasteiger partial charge in [0.05, 0.1) is 17.1 Å². The van der Waals surface area contributed by atoms with Crippen molar-refractivity contribution in [2.45, 2.75) is 19.8 Å². The van der Waals surface area contributed by atoms with Crippen molar-refractivity contribution in [3.8, 4) is 0 Å². The highest BCUT2D eigenvalue weighted by molar-refractivity contribution is 7.09. The quantitative estimate of drug-likeness (QED) is 0.921. The molecule has 0 unspecified atom stereocenters. The summed E-state index contributed by atoms with van der Waals surface area (Å²) in [5, 5.41) is 6.54. The van der Waals surface area contributed by atoms with E-state index < -0.39 is 0 Å². The summed E-state index contributed by atoms with van der Waals surface area (Å²) in [5.74, 6) is 0.0132. The molecule has 0 saturated carbocycles. The third kappa shape index (κ3) is 4.65. The third-order valence-corrected chi connectivity index (χ3v) is 3.73. The Kier molecular flexibility index (Phi) is 4.93. The first-order valence-corrected chi connectivity index (χ1v) is 7.31. The summed E-state index contributed by atoms with van der Waals surface area (Å²) < 4.78 is 0. The normalized spacial score (nSPS) is 10.4. The van der Waals surface area contributed by atoms with E-state index >= 15 is 0 Å². The molecule has 0 spiro atoms. The number of benzene rings is 1. The van der Waals surface area contributed by atoms with Crippen LogP contribution in [0.2, 0.25) is 5.02 Å². The maximum atomic E-state index is 11.7. The van der Waals surface area contributed by atoms with Crippen molar-refractivity contribution in [2.75, 3.05) is 6.54 Å². The van der Waals surface area contributed by atoms with Gasteiger partial charge >= 0.3 is 0 Å². The van der Waals surface area contributed by atoms with Gasteiger partial charge in [0.25, 0.3) is 0 Å². The second-order valence-corrected chi connectivity index (χ2v) is 5.76. The van der Waals surface area contributed by atoms with Crippen LogP contribution >= 0.6 is 22.9 Å². The van der Waals surface area contributed by atoms with E-state index in [-0.39, 0.29) is 5.91 Å². The van der Waals surface area contributed by atoms with E-state index in [9.17, 15) is 4.79 Å². The Balaban J connectivity index is 1.73. The number of carbonyl (C=O) groups is 1. The molecule has 1 N–H and O–H groups in total. The van der Waals surface area contributed by atoms with Crippen LogP contribution in [0.25, 0.3) is 0 Å². The van der Waals surface area contributed by atoms with Crippen molar-refractivity contribution in [3.05, 3.63) is 50.9 Å². The number of rotatable bonds is 5. The Bertz CT molecular complexity index is 551. The van der Waals surface area contributed by atoms with Crippen molar-refractivity contribution < 1.29 is 4.79 Å². The average Bonchev–Trinajstić information content (AvgIpc) is 2.77. The molecule has 0 saturated heterocycles. The number of nitrogens with zero attached hydrogens (tertiary/aromatic N) is 1. The van der Waals surface area contributed by atoms with Crippen LogP contribution in [-0.2, 0) is 17.6 Å². The highest BCUT2D eigenvalue weighted by atomic mass is 35.5. The molecule has 2 rings (SSSR count). The minimum Gasteiger partial charge on any atom is -0.355 e. The fourth-order valence-electron chi connectivity index (χ4n) is 1.71. The molecule has 0 atom stereocenters. The van der Waals surface area contributed by atoms with Crippen molar-refractivity contribution in [1.29, 1.82) is 0 Å². The predicted octanol–water partition coefficient (Wildman–Crippen LogP) is 3.01. The van der Waals surface area contributed by atoms with Gasteiger partial charge in [-0.3, -0.25) is 4.79 Å². The Morgan fingerprint density at radius 2 is 2.11 bits per heavy atom. The summed E-state index contributed by atoms with van der Waals surface area (Å²) in [5.41, 5.74) is 2.00. The minimum absolute atomic E-state index is 0.0132. The molecular weight excluding hydrogens is 280 g/mol. The van der Waals surface area contributed by atoms with E-state index in [4.69, 9.17) is 11.6 Å². The van der Waals surface area contributed by atoms with Gasteiger partial charge in [-0.05, 0) is 31.0 Å². The van der Waals surface area contributed by atoms with Crippen LogP contribution in [0.1, 0.15) is 16.3 Å². The number of carbonyl (C=O) groups excluding carboxylic acids is 1. The maximum Gasteiger partial charge on any atom is 0.226 e. The molecule has 0 fully saturated rings. The number of hydrogen-bond donors (Lipinski definition) is 1. The zero-order chi connectivity index (χ0) is 13.7. The monoisotopic (exact) mass is 294 g/mol. The fourth-order valence-corrected chi connectivity index (χ4v) is 2.45. The minimum atomic E-state index is 0.0132. The zero-order valence-corrected chi connectivity index (χ0v) is 12.2. The number of thiazole rings is 1. The molecule has 0 aliphatic rings. The van der Waals surface area contributed by atoms with E-state index in [0.29, 0.717) is 13.0 Å². The highest BCUT2D eigenvalue weighted by Gasteiger charge is 2.05. The number of halogens is 1. The Labute approximate surface area is 121 Å². The molecule has 0 aliphatic heterocycles. The van der Waals surface area contributed by atoms with Gasteiger partial charge in [-0.15, -0.1) is 11.3 Å². The number of amides is 1. The molecule has 100 valence electrons. The molecule has 0 radical (unpaired) electrons. The van der Waals surface area contributed by atoms with E-state index in [2.05, 4.69) is 10.3 Å². The van der Waals surface area contributed by atoms with Gasteiger partial charge in [0.15, 0.2) is 0 Å².